The maximum atomic E-state index is 12.9. The number of aryl methyl sites for hydroxylation is 3. The SMILES string of the molecule is Cc1cc(C)c([N+](c2ccccc2)(c2ccccc2)P(=O)([O-])[O-])c(C)c1. The van der Waals surface area contributed by atoms with E-state index in [0.717, 1.165) is 16.7 Å². The van der Waals surface area contributed by atoms with Crippen molar-refractivity contribution in [3.8, 4) is 0 Å². The van der Waals surface area contributed by atoms with Crippen LogP contribution in [0.5, 0.6) is 0 Å². The molecule has 0 bridgehead atoms. The molecule has 0 saturated carbocycles. The van der Waals surface area contributed by atoms with Gasteiger partial charge in [-0.15, -0.1) is 0 Å². The standard InChI is InChI=1S/C21H22NO3P/c1-16-14-17(2)21(18(3)15-16)22(26(23,24)25,19-10-6-4-7-11-19)20-12-8-5-9-13-20/h4-15H,1-3H3,(H-,23,24,25)/p-1. The Morgan fingerprint density at radius 1 is 0.731 bits per heavy atom. The molecule has 0 heterocycles. The molecule has 0 saturated heterocycles. The first kappa shape index (κ1) is 18.6. The van der Waals surface area contributed by atoms with Gasteiger partial charge >= 0.3 is 0 Å². The van der Waals surface area contributed by atoms with Gasteiger partial charge < -0.3 is 9.79 Å². The summed E-state index contributed by atoms with van der Waals surface area (Å²) in [5.41, 5.74) is 3.85. The highest BCUT2D eigenvalue weighted by molar-refractivity contribution is 7.49. The molecule has 26 heavy (non-hydrogen) atoms. The Morgan fingerprint density at radius 2 is 1.12 bits per heavy atom. The van der Waals surface area contributed by atoms with Gasteiger partial charge in [0.15, 0.2) is 5.69 Å². The van der Waals surface area contributed by atoms with E-state index in [0.29, 0.717) is 17.1 Å². The van der Waals surface area contributed by atoms with Crippen LogP contribution in [0.25, 0.3) is 0 Å². The monoisotopic (exact) mass is 366 g/mol. The fourth-order valence-electron chi connectivity index (χ4n) is 3.78. The first-order chi connectivity index (χ1) is 12.3. The van der Waals surface area contributed by atoms with Gasteiger partial charge in [-0.1, -0.05) is 54.1 Å². The van der Waals surface area contributed by atoms with Crippen molar-refractivity contribution in [3.63, 3.8) is 0 Å². The van der Waals surface area contributed by atoms with Crippen molar-refractivity contribution in [3.05, 3.63) is 89.5 Å². The topological polar surface area (TPSA) is 63.2 Å². The van der Waals surface area contributed by atoms with Crippen molar-refractivity contribution in [2.75, 3.05) is 0 Å². The van der Waals surface area contributed by atoms with Crippen LogP contribution in [-0.4, -0.2) is 0 Å². The summed E-state index contributed by atoms with van der Waals surface area (Å²) in [4.78, 5) is 25.8. The van der Waals surface area contributed by atoms with Crippen molar-refractivity contribution in [1.29, 1.82) is 0 Å². The molecular formula is C21H21NO3P-. The molecule has 0 aromatic heterocycles. The van der Waals surface area contributed by atoms with E-state index in [1.807, 2.05) is 32.9 Å². The van der Waals surface area contributed by atoms with Gasteiger partial charge in [-0.05, 0) is 20.8 Å². The second kappa shape index (κ2) is 6.82. The molecule has 0 fully saturated rings. The van der Waals surface area contributed by atoms with Crippen LogP contribution in [0, 0.1) is 20.8 Å². The van der Waals surface area contributed by atoms with Gasteiger partial charge in [0.1, 0.15) is 19.1 Å². The van der Waals surface area contributed by atoms with Crippen LogP contribution in [-0.2, 0) is 4.57 Å². The number of hydrogen-bond acceptors (Lipinski definition) is 3. The van der Waals surface area contributed by atoms with Crippen molar-refractivity contribution < 1.29 is 14.4 Å². The Hall–Kier alpha value is -2.23. The molecule has 0 atom stereocenters. The molecule has 0 unspecified atom stereocenters. The fourth-order valence-corrected chi connectivity index (χ4v) is 5.18. The van der Waals surface area contributed by atoms with Gasteiger partial charge in [0.2, 0.25) is 0 Å². The summed E-state index contributed by atoms with van der Waals surface area (Å²) >= 11 is 0. The highest BCUT2D eigenvalue weighted by Gasteiger charge is 2.42. The zero-order valence-corrected chi connectivity index (χ0v) is 15.9. The summed E-state index contributed by atoms with van der Waals surface area (Å²) in [6.07, 6.45) is 0. The molecule has 134 valence electrons. The van der Waals surface area contributed by atoms with Crippen molar-refractivity contribution >= 4 is 24.8 Å². The maximum absolute atomic E-state index is 12.9. The minimum absolute atomic E-state index is 0.405. The number of para-hydroxylation sites is 2. The van der Waals surface area contributed by atoms with Gasteiger partial charge in [0.25, 0.3) is 0 Å². The van der Waals surface area contributed by atoms with E-state index in [4.69, 9.17) is 0 Å². The smallest absolute Gasteiger partial charge is 0.150 e. The Morgan fingerprint density at radius 3 is 1.46 bits per heavy atom. The zero-order chi connectivity index (χ0) is 18.9. The lowest BCUT2D eigenvalue weighted by molar-refractivity contribution is -0.323. The maximum Gasteiger partial charge on any atom is 0.150 e. The largest absolute Gasteiger partial charge is 0.764 e. The minimum Gasteiger partial charge on any atom is -0.764 e. The zero-order valence-electron chi connectivity index (χ0n) is 15.0. The Balaban J connectivity index is 2.54. The van der Waals surface area contributed by atoms with E-state index in [1.54, 1.807) is 60.7 Å². The summed E-state index contributed by atoms with van der Waals surface area (Å²) in [7, 11) is -5.20. The summed E-state index contributed by atoms with van der Waals surface area (Å²) in [5.74, 6) is 0. The van der Waals surface area contributed by atoms with Crippen molar-refractivity contribution in [1.82, 2.24) is 4.25 Å². The third-order valence-electron chi connectivity index (χ3n) is 4.59. The van der Waals surface area contributed by atoms with Crippen LogP contribution in [0.3, 0.4) is 0 Å². The van der Waals surface area contributed by atoms with Gasteiger partial charge in [0.05, 0.1) is 0 Å². The van der Waals surface area contributed by atoms with Crippen LogP contribution in [0.4, 0.5) is 17.1 Å². The molecule has 0 N–H and O–H groups in total. The third-order valence-corrected chi connectivity index (χ3v) is 5.98. The summed E-state index contributed by atoms with van der Waals surface area (Å²) in [6, 6.07) is 21.2. The number of quaternary nitrogens is 1. The van der Waals surface area contributed by atoms with E-state index in [-0.39, 0.29) is 0 Å². The first-order valence-electron chi connectivity index (χ1n) is 8.39. The molecule has 3 aromatic carbocycles. The van der Waals surface area contributed by atoms with Gasteiger partial charge in [-0.25, -0.2) is 4.25 Å². The van der Waals surface area contributed by atoms with E-state index in [1.165, 1.54) is 0 Å². The Bertz CT molecular complexity index is 903. The van der Waals surface area contributed by atoms with E-state index in [2.05, 4.69) is 0 Å². The molecule has 0 aliphatic rings. The summed E-state index contributed by atoms with van der Waals surface area (Å²) in [5, 5.41) is 0. The lowest BCUT2D eigenvalue weighted by atomic mass is 10.0. The van der Waals surface area contributed by atoms with Crippen LogP contribution < -0.4 is 14.0 Å². The van der Waals surface area contributed by atoms with Gasteiger partial charge in [-0.2, -0.15) is 0 Å². The third kappa shape index (κ3) is 2.91. The average molecular weight is 366 g/mol. The highest BCUT2D eigenvalue weighted by Crippen LogP contribution is 2.60. The van der Waals surface area contributed by atoms with Crippen LogP contribution >= 0.6 is 7.75 Å². The summed E-state index contributed by atoms with van der Waals surface area (Å²) in [6.45, 7) is 5.66. The molecule has 0 spiro atoms. The summed E-state index contributed by atoms with van der Waals surface area (Å²) < 4.78 is 12.0. The molecule has 0 aliphatic carbocycles. The second-order valence-corrected chi connectivity index (χ2v) is 8.06. The normalized spacial score (nSPS) is 12.2. The molecule has 0 amide bonds. The van der Waals surface area contributed by atoms with Crippen LogP contribution in [0.1, 0.15) is 16.7 Å². The van der Waals surface area contributed by atoms with E-state index >= 15 is 0 Å². The van der Waals surface area contributed by atoms with Crippen LogP contribution in [0.15, 0.2) is 72.8 Å². The van der Waals surface area contributed by atoms with E-state index in [9.17, 15) is 14.4 Å². The second-order valence-electron chi connectivity index (χ2n) is 6.52. The highest BCUT2D eigenvalue weighted by atomic mass is 31.2. The fraction of sp³-hybridized carbons (Fsp3) is 0.143. The van der Waals surface area contributed by atoms with E-state index < -0.39 is 12.0 Å². The number of nitrogens with zero attached hydrogens (tertiary/aromatic N) is 1. The van der Waals surface area contributed by atoms with Gasteiger partial charge in [0, 0.05) is 35.4 Å². The number of hydrogen-bond donors (Lipinski definition) is 0. The molecular weight excluding hydrogens is 345 g/mol. The average Bonchev–Trinajstić information content (AvgIpc) is 2.58. The first-order valence-corrected chi connectivity index (χ1v) is 9.89. The van der Waals surface area contributed by atoms with Crippen molar-refractivity contribution in [2.24, 2.45) is 0 Å². The lowest BCUT2D eigenvalue weighted by Gasteiger charge is -2.50. The predicted octanol–water partition coefficient (Wildman–Crippen LogP) is 4.41. The Labute approximate surface area is 154 Å². The molecule has 0 aliphatic heterocycles. The predicted molar refractivity (Wildman–Crippen MR) is 102 cm³/mol. The van der Waals surface area contributed by atoms with Crippen LogP contribution in [0.2, 0.25) is 0 Å². The lowest BCUT2D eigenvalue weighted by Crippen LogP contribution is -2.45. The number of rotatable bonds is 4. The molecule has 3 rings (SSSR count). The minimum atomic E-state index is -5.20. The quantitative estimate of drug-likeness (QED) is 0.643. The molecule has 4 nitrogen and oxygen atoms in total. The van der Waals surface area contributed by atoms with Gasteiger partial charge in [-0.3, -0.25) is 4.57 Å². The molecule has 3 aromatic rings. The Kier molecular flexibility index (Phi) is 4.87. The van der Waals surface area contributed by atoms with Crippen molar-refractivity contribution in [2.45, 2.75) is 20.8 Å². The molecule has 5 heteroatoms. The number of benzene rings is 3. The molecule has 0 radical (unpaired) electrons.